The number of fused-ring (bicyclic) bond motifs is 1. The first-order valence-electron chi connectivity index (χ1n) is 10.6. The minimum absolute atomic E-state index is 0.286. The van der Waals surface area contributed by atoms with Gasteiger partial charge in [0.2, 0.25) is 0 Å². The summed E-state index contributed by atoms with van der Waals surface area (Å²) < 4.78 is 16.6. The van der Waals surface area contributed by atoms with Crippen LogP contribution in [0.5, 0.6) is 0 Å². The highest BCUT2D eigenvalue weighted by Gasteiger charge is 2.17. The Morgan fingerprint density at radius 2 is 1.50 bits per heavy atom. The van der Waals surface area contributed by atoms with Crippen molar-refractivity contribution in [2.24, 2.45) is 0 Å². The Balaban J connectivity index is 1.46. The molecule has 158 valence electrons. The lowest BCUT2D eigenvalue weighted by atomic mass is 10.1. The van der Waals surface area contributed by atoms with Gasteiger partial charge >= 0.3 is 0 Å². The fraction of sp³-hybridized carbons (Fsp3) is 0.111. The molecule has 5 rings (SSSR count). The van der Waals surface area contributed by atoms with Gasteiger partial charge in [-0.2, -0.15) is 0 Å². The van der Waals surface area contributed by atoms with Gasteiger partial charge in [-0.1, -0.05) is 96.7 Å². The molecular weight excluding hydrogens is 417 g/mol. The van der Waals surface area contributed by atoms with E-state index in [1.807, 2.05) is 28.8 Å². The van der Waals surface area contributed by atoms with E-state index >= 15 is 0 Å². The van der Waals surface area contributed by atoms with Gasteiger partial charge in [0, 0.05) is 12.3 Å². The standard InChI is InChI=1S/C27H22FN3S/c28-25-16-7-6-15-24(25)26-29-30-27(31(26)18-17-20-9-2-1-3-10-20)32-19-22-13-8-12-21-11-4-5-14-23(21)22/h1-16H,17-19H2. The smallest absolute Gasteiger partial charge is 0.191 e. The largest absolute Gasteiger partial charge is 0.302 e. The summed E-state index contributed by atoms with van der Waals surface area (Å²) in [6.07, 6.45) is 0.822. The summed E-state index contributed by atoms with van der Waals surface area (Å²) in [5.74, 6) is 1.05. The average molecular weight is 440 g/mol. The Bertz CT molecular complexity index is 1340. The lowest BCUT2D eigenvalue weighted by Crippen LogP contribution is -2.06. The highest BCUT2D eigenvalue weighted by atomic mass is 32.2. The van der Waals surface area contributed by atoms with Crippen molar-refractivity contribution in [2.45, 2.75) is 23.9 Å². The van der Waals surface area contributed by atoms with E-state index < -0.39 is 0 Å². The fourth-order valence-corrected chi connectivity index (χ4v) is 4.85. The lowest BCUT2D eigenvalue weighted by molar-refractivity contribution is 0.616. The van der Waals surface area contributed by atoms with Crippen LogP contribution in [0.25, 0.3) is 22.2 Å². The third kappa shape index (κ3) is 4.30. The quantitative estimate of drug-likeness (QED) is 0.262. The molecule has 0 bridgehead atoms. The van der Waals surface area contributed by atoms with E-state index in [0.717, 1.165) is 17.3 Å². The molecule has 1 aromatic heterocycles. The fourth-order valence-electron chi connectivity index (χ4n) is 3.89. The molecule has 0 saturated heterocycles. The monoisotopic (exact) mass is 439 g/mol. The Morgan fingerprint density at radius 3 is 2.38 bits per heavy atom. The van der Waals surface area contributed by atoms with Crippen molar-refractivity contribution in [2.75, 3.05) is 0 Å². The van der Waals surface area contributed by atoms with Crippen LogP contribution in [0.3, 0.4) is 0 Å². The number of halogens is 1. The Kier molecular flexibility index (Phi) is 5.99. The van der Waals surface area contributed by atoms with Crippen molar-refractivity contribution in [3.8, 4) is 11.4 Å². The van der Waals surface area contributed by atoms with E-state index in [-0.39, 0.29) is 5.82 Å². The normalized spacial score (nSPS) is 11.2. The molecule has 5 heteroatoms. The molecule has 0 fully saturated rings. The molecule has 0 N–H and O–H groups in total. The third-order valence-electron chi connectivity index (χ3n) is 5.54. The molecule has 0 radical (unpaired) electrons. The van der Waals surface area contributed by atoms with Crippen LogP contribution in [0, 0.1) is 5.82 Å². The van der Waals surface area contributed by atoms with Crippen LogP contribution in [0.2, 0.25) is 0 Å². The molecule has 4 aromatic carbocycles. The molecule has 3 nitrogen and oxygen atoms in total. The van der Waals surface area contributed by atoms with Crippen LogP contribution in [0.1, 0.15) is 11.1 Å². The Morgan fingerprint density at radius 1 is 0.750 bits per heavy atom. The van der Waals surface area contributed by atoms with Crippen molar-refractivity contribution in [1.29, 1.82) is 0 Å². The van der Waals surface area contributed by atoms with Crippen LogP contribution in [0.4, 0.5) is 4.39 Å². The zero-order valence-electron chi connectivity index (χ0n) is 17.5. The predicted molar refractivity (Wildman–Crippen MR) is 129 cm³/mol. The molecule has 0 aliphatic rings. The number of benzene rings is 4. The van der Waals surface area contributed by atoms with Gasteiger partial charge in [-0.25, -0.2) is 4.39 Å². The van der Waals surface area contributed by atoms with Gasteiger partial charge in [0.05, 0.1) is 5.56 Å². The molecule has 32 heavy (non-hydrogen) atoms. The Hall–Kier alpha value is -3.44. The van der Waals surface area contributed by atoms with Crippen LogP contribution in [0.15, 0.2) is 102 Å². The van der Waals surface area contributed by atoms with Crippen LogP contribution in [-0.2, 0) is 18.7 Å². The van der Waals surface area contributed by atoms with E-state index in [4.69, 9.17) is 0 Å². The van der Waals surface area contributed by atoms with Gasteiger partial charge in [0.15, 0.2) is 11.0 Å². The lowest BCUT2D eigenvalue weighted by Gasteiger charge is -2.12. The van der Waals surface area contributed by atoms with E-state index in [0.29, 0.717) is 17.9 Å². The van der Waals surface area contributed by atoms with E-state index in [1.165, 1.54) is 28.0 Å². The summed E-state index contributed by atoms with van der Waals surface area (Å²) in [6.45, 7) is 0.679. The van der Waals surface area contributed by atoms with E-state index in [9.17, 15) is 4.39 Å². The number of thioether (sulfide) groups is 1. The maximum Gasteiger partial charge on any atom is 0.191 e. The number of aromatic nitrogens is 3. The van der Waals surface area contributed by atoms with Gasteiger partial charge in [0.1, 0.15) is 5.82 Å². The average Bonchev–Trinajstić information content (AvgIpc) is 3.24. The first kappa shape index (κ1) is 20.5. The van der Waals surface area contributed by atoms with Crippen LogP contribution < -0.4 is 0 Å². The Labute approximate surface area is 190 Å². The van der Waals surface area contributed by atoms with E-state index in [1.54, 1.807) is 23.9 Å². The number of hydrogen-bond acceptors (Lipinski definition) is 3. The topological polar surface area (TPSA) is 30.7 Å². The van der Waals surface area contributed by atoms with Gasteiger partial charge in [-0.15, -0.1) is 10.2 Å². The number of rotatable bonds is 7. The van der Waals surface area contributed by atoms with Crippen molar-refractivity contribution in [3.63, 3.8) is 0 Å². The minimum atomic E-state index is -0.286. The molecular formula is C27H22FN3S. The van der Waals surface area contributed by atoms with Crippen molar-refractivity contribution in [1.82, 2.24) is 14.8 Å². The first-order valence-corrected chi connectivity index (χ1v) is 11.6. The summed E-state index contributed by atoms with van der Waals surface area (Å²) in [7, 11) is 0. The number of hydrogen-bond donors (Lipinski definition) is 0. The number of nitrogens with zero attached hydrogens (tertiary/aromatic N) is 3. The second-order valence-corrected chi connectivity index (χ2v) is 8.54. The van der Waals surface area contributed by atoms with Crippen molar-refractivity contribution < 1.29 is 4.39 Å². The molecule has 0 amide bonds. The zero-order chi connectivity index (χ0) is 21.8. The summed E-state index contributed by atoms with van der Waals surface area (Å²) in [5, 5.41) is 12.1. The summed E-state index contributed by atoms with van der Waals surface area (Å²) in [6, 6.07) is 31.8. The maximum atomic E-state index is 14.6. The van der Waals surface area contributed by atoms with Gasteiger partial charge in [0.25, 0.3) is 0 Å². The SMILES string of the molecule is Fc1ccccc1-c1nnc(SCc2cccc3ccccc23)n1CCc1ccccc1. The highest BCUT2D eigenvalue weighted by Crippen LogP contribution is 2.30. The molecule has 0 aliphatic heterocycles. The minimum Gasteiger partial charge on any atom is -0.302 e. The van der Waals surface area contributed by atoms with Gasteiger partial charge < -0.3 is 4.57 Å². The van der Waals surface area contributed by atoms with Gasteiger partial charge in [-0.3, -0.25) is 0 Å². The summed E-state index contributed by atoms with van der Waals surface area (Å²) in [4.78, 5) is 0. The second kappa shape index (κ2) is 9.37. The molecule has 0 aliphatic carbocycles. The summed E-state index contributed by atoms with van der Waals surface area (Å²) in [5.41, 5.74) is 2.95. The van der Waals surface area contributed by atoms with E-state index in [2.05, 4.69) is 64.8 Å². The van der Waals surface area contributed by atoms with Crippen LogP contribution in [-0.4, -0.2) is 14.8 Å². The van der Waals surface area contributed by atoms with Crippen LogP contribution >= 0.6 is 11.8 Å². The second-order valence-electron chi connectivity index (χ2n) is 7.60. The maximum absolute atomic E-state index is 14.6. The molecule has 0 unspecified atom stereocenters. The van der Waals surface area contributed by atoms with Crippen molar-refractivity contribution >= 4 is 22.5 Å². The highest BCUT2D eigenvalue weighted by molar-refractivity contribution is 7.98. The summed E-state index contributed by atoms with van der Waals surface area (Å²) >= 11 is 1.64. The predicted octanol–water partition coefficient (Wildman–Crippen LogP) is 6.77. The van der Waals surface area contributed by atoms with Crippen molar-refractivity contribution in [3.05, 3.63) is 114 Å². The van der Waals surface area contributed by atoms with Gasteiger partial charge in [-0.05, 0) is 40.5 Å². The first-order chi connectivity index (χ1) is 15.8. The molecule has 5 aromatic rings. The number of aryl methyl sites for hydroxylation is 1. The molecule has 0 saturated carbocycles. The molecule has 0 atom stereocenters. The zero-order valence-corrected chi connectivity index (χ0v) is 18.3. The third-order valence-corrected chi connectivity index (χ3v) is 6.55. The molecule has 0 spiro atoms. The molecule has 1 heterocycles.